The van der Waals surface area contributed by atoms with E-state index in [4.69, 9.17) is 9.84 Å². The summed E-state index contributed by atoms with van der Waals surface area (Å²) in [4.78, 5) is 20.7. The third-order valence-electron chi connectivity index (χ3n) is 1.95. The fraction of sp³-hybridized carbons (Fsp3) is 0.222. The van der Waals surface area contributed by atoms with Crippen molar-refractivity contribution in [2.75, 3.05) is 7.11 Å². The average molecular weight is 211 g/mol. The fourth-order valence-electron chi connectivity index (χ4n) is 1.28. The van der Waals surface area contributed by atoms with Gasteiger partial charge in [0.25, 0.3) is 0 Å². The number of hydrogen-bond donors (Lipinski definition) is 1. The van der Waals surface area contributed by atoms with Crippen molar-refractivity contribution in [1.29, 1.82) is 0 Å². The van der Waals surface area contributed by atoms with E-state index >= 15 is 0 Å². The molecule has 0 fully saturated rings. The van der Waals surface area contributed by atoms with Crippen LogP contribution in [-0.2, 0) is 0 Å². The van der Waals surface area contributed by atoms with Gasteiger partial charge < -0.3 is 9.84 Å². The summed E-state index contributed by atoms with van der Waals surface area (Å²) in [6.07, 6.45) is 0. The number of carboxylic acid groups (broad SMARTS) is 1. The van der Waals surface area contributed by atoms with E-state index in [-0.39, 0.29) is 11.3 Å². The van der Waals surface area contributed by atoms with Crippen molar-refractivity contribution in [3.63, 3.8) is 0 Å². The van der Waals surface area contributed by atoms with E-state index in [9.17, 15) is 14.9 Å². The van der Waals surface area contributed by atoms with Crippen LogP contribution in [0.25, 0.3) is 0 Å². The van der Waals surface area contributed by atoms with Crippen LogP contribution in [0.4, 0.5) is 5.69 Å². The number of hydrogen-bond acceptors (Lipinski definition) is 4. The molecule has 6 nitrogen and oxygen atoms in total. The number of carbonyl (C=O) groups is 1. The molecule has 0 amide bonds. The first-order chi connectivity index (χ1) is 6.99. The van der Waals surface area contributed by atoms with Crippen LogP contribution < -0.4 is 4.74 Å². The molecule has 0 unspecified atom stereocenters. The van der Waals surface area contributed by atoms with Crippen molar-refractivity contribution in [3.05, 3.63) is 33.4 Å². The normalized spacial score (nSPS) is 9.73. The molecule has 6 heteroatoms. The maximum absolute atomic E-state index is 10.7. The number of nitro benzene ring substituents is 1. The van der Waals surface area contributed by atoms with Gasteiger partial charge in [-0.15, -0.1) is 0 Å². The summed E-state index contributed by atoms with van der Waals surface area (Å²) in [7, 11) is 1.26. The number of nitrogens with zero attached hydrogens (tertiary/aromatic N) is 1. The summed E-state index contributed by atoms with van der Waals surface area (Å²) in [5, 5.41) is 19.5. The molecule has 0 heterocycles. The Morgan fingerprint density at radius 1 is 1.53 bits per heavy atom. The lowest BCUT2D eigenvalue weighted by atomic mass is 10.1. The van der Waals surface area contributed by atoms with Crippen LogP contribution in [0.1, 0.15) is 15.9 Å². The molecule has 1 N–H and O–H groups in total. The Kier molecular flexibility index (Phi) is 2.89. The largest absolute Gasteiger partial charge is 0.490 e. The molecule has 0 aliphatic rings. The number of nitro groups is 1. The summed E-state index contributed by atoms with van der Waals surface area (Å²) in [5.41, 5.74) is -0.360. The minimum atomic E-state index is -1.35. The van der Waals surface area contributed by atoms with E-state index in [1.165, 1.54) is 19.2 Å². The Balaban J connectivity index is 3.56. The molecule has 15 heavy (non-hydrogen) atoms. The van der Waals surface area contributed by atoms with E-state index in [0.717, 1.165) is 0 Å². The number of carboxylic acids is 1. The molecule has 0 saturated heterocycles. The number of ether oxygens (including phenoxy) is 1. The first-order valence-corrected chi connectivity index (χ1v) is 4.04. The highest BCUT2D eigenvalue weighted by Crippen LogP contribution is 2.33. The van der Waals surface area contributed by atoms with Gasteiger partial charge in [-0.1, -0.05) is 6.07 Å². The molecular formula is C9H9NO5. The molecule has 0 radical (unpaired) electrons. The maximum Gasteiger partial charge on any atom is 0.342 e. The van der Waals surface area contributed by atoms with Gasteiger partial charge in [-0.3, -0.25) is 10.1 Å². The Labute approximate surface area is 85.2 Å². The third-order valence-corrected chi connectivity index (χ3v) is 1.95. The summed E-state index contributed by atoms with van der Waals surface area (Å²) in [5.74, 6) is -1.36. The van der Waals surface area contributed by atoms with Gasteiger partial charge in [-0.25, -0.2) is 4.79 Å². The fourth-order valence-corrected chi connectivity index (χ4v) is 1.28. The molecule has 80 valence electrons. The first-order valence-electron chi connectivity index (χ1n) is 4.04. The second kappa shape index (κ2) is 3.95. The van der Waals surface area contributed by atoms with Crippen molar-refractivity contribution in [3.8, 4) is 5.75 Å². The molecule has 1 aromatic rings. The molecule has 0 aromatic heterocycles. The van der Waals surface area contributed by atoms with Gasteiger partial charge in [-0.05, 0) is 18.6 Å². The van der Waals surface area contributed by atoms with Crippen LogP contribution in [0.2, 0.25) is 0 Å². The summed E-state index contributed by atoms with van der Waals surface area (Å²) in [6.45, 7) is 1.61. The van der Waals surface area contributed by atoms with Crippen LogP contribution in [-0.4, -0.2) is 23.1 Å². The zero-order chi connectivity index (χ0) is 11.6. The highest BCUT2D eigenvalue weighted by atomic mass is 16.6. The molecule has 1 aromatic carbocycles. The molecule has 1 rings (SSSR count). The molecule has 0 atom stereocenters. The van der Waals surface area contributed by atoms with Gasteiger partial charge in [0.15, 0.2) is 0 Å². The Morgan fingerprint density at radius 2 is 2.13 bits per heavy atom. The van der Waals surface area contributed by atoms with E-state index in [1.807, 2.05) is 0 Å². The molecule has 0 aliphatic carbocycles. The van der Waals surface area contributed by atoms with Crippen LogP contribution in [0, 0.1) is 17.0 Å². The van der Waals surface area contributed by atoms with E-state index in [1.54, 1.807) is 6.92 Å². The summed E-state index contributed by atoms with van der Waals surface area (Å²) >= 11 is 0. The van der Waals surface area contributed by atoms with E-state index in [2.05, 4.69) is 0 Å². The van der Waals surface area contributed by atoms with Crippen LogP contribution >= 0.6 is 0 Å². The van der Waals surface area contributed by atoms with Crippen molar-refractivity contribution < 1.29 is 19.6 Å². The third kappa shape index (κ3) is 1.88. The minimum Gasteiger partial charge on any atom is -0.490 e. The van der Waals surface area contributed by atoms with Gasteiger partial charge >= 0.3 is 11.7 Å². The standard InChI is InChI=1S/C9H9NO5/c1-5-3-4-6(9(11)12)7(10(13)14)8(5)15-2/h3-4H,1-2H3,(H,11,12). The Morgan fingerprint density at radius 3 is 2.53 bits per heavy atom. The summed E-state index contributed by atoms with van der Waals surface area (Å²) in [6, 6.07) is 2.66. The van der Waals surface area contributed by atoms with Gasteiger partial charge in [0.1, 0.15) is 5.56 Å². The highest BCUT2D eigenvalue weighted by molar-refractivity contribution is 5.94. The lowest BCUT2D eigenvalue weighted by molar-refractivity contribution is -0.386. The number of rotatable bonds is 3. The van der Waals surface area contributed by atoms with Crippen molar-refractivity contribution >= 4 is 11.7 Å². The number of aromatic carboxylic acids is 1. The quantitative estimate of drug-likeness (QED) is 0.605. The topological polar surface area (TPSA) is 89.7 Å². The van der Waals surface area contributed by atoms with Crippen LogP contribution in [0.5, 0.6) is 5.75 Å². The average Bonchev–Trinajstić information content (AvgIpc) is 2.16. The number of benzene rings is 1. The van der Waals surface area contributed by atoms with Crippen molar-refractivity contribution in [2.24, 2.45) is 0 Å². The second-order valence-corrected chi connectivity index (χ2v) is 2.87. The zero-order valence-electron chi connectivity index (χ0n) is 8.18. The van der Waals surface area contributed by atoms with Gasteiger partial charge in [0.05, 0.1) is 12.0 Å². The number of methoxy groups -OCH3 is 1. The molecular weight excluding hydrogens is 202 g/mol. The van der Waals surface area contributed by atoms with Crippen LogP contribution in [0.15, 0.2) is 12.1 Å². The number of aryl methyl sites for hydroxylation is 1. The SMILES string of the molecule is COc1c(C)ccc(C(=O)O)c1[N+](=O)[O-]. The van der Waals surface area contributed by atoms with Gasteiger partial charge in [-0.2, -0.15) is 0 Å². The van der Waals surface area contributed by atoms with E-state index in [0.29, 0.717) is 5.56 Å². The second-order valence-electron chi connectivity index (χ2n) is 2.87. The Bertz CT molecular complexity index is 427. The van der Waals surface area contributed by atoms with E-state index < -0.39 is 16.6 Å². The van der Waals surface area contributed by atoms with Crippen LogP contribution in [0.3, 0.4) is 0 Å². The smallest absolute Gasteiger partial charge is 0.342 e. The lowest BCUT2D eigenvalue weighted by Crippen LogP contribution is -2.05. The van der Waals surface area contributed by atoms with Crippen molar-refractivity contribution in [2.45, 2.75) is 6.92 Å². The maximum atomic E-state index is 10.7. The van der Waals surface area contributed by atoms with Gasteiger partial charge in [0, 0.05) is 0 Å². The first kappa shape index (κ1) is 11.0. The predicted molar refractivity (Wildman–Crippen MR) is 51.3 cm³/mol. The lowest BCUT2D eigenvalue weighted by Gasteiger charge is -2.06. The monoisotopic (exact) mass is 211 g/mol. The van der Waals surface area contributed by atoms with Gasteiger partial charge in [0.2, 0.25) is 5.75 Å². The zero-order valence-corrected chi connectivity index (χ0v) is 8.18. The summed E-state index contributed by atoms with van der Waals surface area (Å²) < 4.78 is 4.82. The highest BCUT2D eigenvalue weighted by Gasteiger charge is 2.26. The molecule has 0 spiro atoms. The molecule has 0 saturated carbocycles. The molecule has 0 bridgehead atoms. The Hall–Kier alpha value is -2.11. The molecule has 0 aliphatic heterocycles. The minimum absolute atomic E-state index is 0.0140. The predicted octanol–water partition coefficient (Wildman–Crippen LogP) is 1.61. The van der Waals surface area contributed by atoms with Crippen molar-refractivity contribution in [1.82, 2.24) is 0 Å².